The molecule has 0 aliphatic carbocycles. The zero-order chi connectivity index (χ0) is 28.8. The number of ketones is 1. The standard InChI is InChI=1S/C30H43N3O5Si/c1-20-18-25(38-39(8,9)30(5,6)7)36-24(20)19-33-23-13-11-10-12-22(23)31-27(33)26(34)21-14-16-32(17-15-21)28(35)37-29(2,3)4/h10-13,18,21H,14-17,19H2,1-9H3. The Morgan fingerprint density at radius 3 is 2.33 bits per heavy atom. The largest absolute Gasteiger partial charge is 0.519 e. The minimum absolute atomic E-state index is 0.00278. The van der Waals surface area contributed by atoms with Gasteiger partial charge in [-0.2, -0.15) is 0 Å². The number of carbonyl (C=O) groups is 2. The zero-order valence-corrected chi connectivity index (χ0v) is 25.9. The number of para-hydroxylation sites is 2. The van der Waals surface area contributed by atoms with Crippen LogP contribution in [0, 0.1) is 12.8 Å². The smallest absolute Gasteiger partial charge is 0.410 e. The third-order valence-corrected chi connectivity index (χ3v) is 12.2. The number of Topliss-reactive ketones (excluding diaryl/α,β-unsaturated/α-hetero) is 1. The Morgan fingerprint density at radius 2 is 1.72 bits per heavy atom. The van der Waals surface area contributed by atoms with Crippen molar-refractivity contribution in [2.24, 2.45) is 5.92 Å². The number of likely N-dealkylation sites (tertiary alicyclic amines) is 1. The average molecular weight is 554 g/mol. The van der Waals surface area contributed by atoms with E-state index in [1.807, 2.05) is 62.6 Å². The summed E-state index contributed by atoms with van der Waals surface area (Å²) in [5.41, 5.74) is 2.09. The van der Waals surface area contributed by atoms with Crippen LogP contribution in [0.5, 0.6) is 5.95 Å². The first-order valence-electron chi connectivity index (χ1n) is 13.8. The molecule has 1 fully saturated rings. The molecule has 0 unspecified atom stereocenters. The van der Waals surface area contributed by atoms with Gasteiger partial charge < -0.3 is 23.0 Å². The highest BCUT2D eigenvalue weighted by atomic mass is 28.4. The van der Waals surface area contributed by atoms with E-state index in [0.29, 0.717) is 44.2 Å². The summed E-state index contributed by atoms with van der Waals surface area (Å²) in [6, 6.07) is 9.73. The van der Waals surface area contributed by atoms with Crippen LogP contribution < -0.4 is 4.43 Å². The Bertz CT molecular complexity index is 1350. The van der Waals surface area contributed by atoms with E-state index in [1.54, 1.807) is 4.90 Å². The van der Waals surface area contributed by atoms with Crippen LogP contribution in [0.2, 0.25) is 18.1 Å². The van der Waals surface area contributed by atoms with Crippen molar-refractivity contribution < 1.29 is 23.2 Å². The number of hydrogen-bond acceptors (Lipinski definition) is 6. The van der Waals surface area contributed by atoms with Gasteiger partial charge in [0.2, 0.25) is 5.78 Å². The van der Waals surface area contributed by atoms with Crippen LogP contribution in [-0.2, 0) is 11.3 Å². The molecule has 1 saturated heterocycles. The maximum absolute atomic E-state index is 13.8. The first kappa shape index (κ1) is 28.9. The quantitative estimate of drug-likeness (QED) is 0.237. The Kier molecular flexibility index (Phi) is 7.77. The van der Waals surface area contributed by atoms with Gasteiger partial charge in [0, 0.05) is 25.1 Å². The lowest BCUT2D eigenvalue weighted by atomic mass is 9.92. The summed E-state index contributed by atoms with van der Waals surface area (Å²) in [5.74, 6) is 1.49. The summed E-state index contributed by atoms with van der Waals surface area (Å²) in [7, 11) is -2.06. The number of nitrogens with zero attached hydrogens (tertiary/aromatic N) is 3. The molecule has 39 heavy (non-hydrogen) atoms. The number of imidazole rings is 1. The highest BCUT2D eigenvalue weighted by Crippen LogP contribution is 2.38. The fourth-order valence-electron chi connectivity index (χ4n) is 4.50. The fourth-order valence-corrected chi connectivity index (χ4v) is 5.41. The molecule has 0 radical (unpaired) electrons. The van der Waals surface area contributed by atoms with E-state index >= 15 is 0 Å². The van der Waals surface area contributed by atoms with E-state index in [9.17, 15) is 9.59 Å². The van der Waals surface area contributed by atoms with Crippen molar-refractivity contribution in [2.45, 2.75) is 91.6 Å². The van der Waals surface area contributed by atoms with Gasteiger partial charge in [-0.3, -0.25) is 4.79 Å². The number of fused-ring (bicyclic) bond motifs is 1. The minimum atomic E-state index is -2.06. The predicted molar refractivity (Wildman–Crippen MR) is 155 cm³/mol. The summed E-state index contributed by atoms with van der Waals surface area (Å²) in [6.07, 6.45) is 0.821. The van der Waals surface area contributed by atoms with E-state index in [0.717, 1.165) is 22.4 Å². The predicted octanol–water partition coefficient (Wildman–Crippen LogP) is 7.20. The van der Waals surface area contributed by atoms with E-state index in [2.05, 4.69) is 33.9 Å². The van der Waals surface area contributed by atoms with Gasteiger partial charge in [0.15, 0.2) is 5.82 Å². The molecule has 0 atom stereocenters. The molecular formula is C30H43N3O5Si. The number of aromatic nitrogens is 2. The van der Waals surface area contributed by atoms with E-state index in [-0.39, 0.29) is 22.8 Å². The number of hydrogen-bond donors (Lipinski definition) is 0. The minimum Gasteiger partial charge on any atom is -0.519 e. The molecule has 0 spiro atoms. The van der Waals surface area contributed by atoms with Gasteiger partial charge in [0.25, 0.3) is 14.3 Å². The number of carbonyl (C=O) groups excluding carboxylic acids is 2. The Labute approximate surface area is 232 Å². The van der Waals surface area contributed by atoms with Crippen molar-refractivity contribution in [3.05, 3.63) is 47.5 Å². The molecule has 3 heterocycles. The normalized spacial score (nSPS) is 15.6. The first-order chi connectivity index (χ1) is 18.1. The van der Waals surface area contributed by atoms with Crippen LogP contribution in [0.3, 0.4) is 0 Å². The third-order valence-electron chi connectivity index (χ3n) is 7.85. The molecule has 9 heteroatoms. The molecule has 1 aromatic carbocycles. The molecule has 1 amide bonds. The van der Waals surface area contributed by atoms with Gasteiger partial charge in [-0.25, -0.2) is 9.78 Å². The van der Waals surface area contributed by atoms with Crippen LogP contribution in [0.1, 0.15) is 76.3 Å². The highest BCUT2D eigenvalue weighted by molar-refractivity contribution is 6.74. The zero-order valence-electron chi connectivity index (χ0n) is 24.9. The van der Waals surface area contributed by atoms with Crippen molar-refractivity contribution in [3.8, 4) is 5.95 Å². The lowest BCUT2D eigenvalue weighted by molar-refractivity contribution is 0.0181. The number of ether oxygens (including phenoxy) is 1. The van der Waals surface area contributed by atoms with Crippen molar-refractivity contribution in [2.75, 3.05) is 13.1 Å². The van der Waals surface area contributed by atoms with Gasteiger partial charge in [0.05, 0.1) is 17.6 Å². The number of furan rings is 1. The summed E-state index contributed by atoms with van der Waals surface area (Å²) in [4.78, 5) is 32.7. The fraction of sp³-hybridized carbons (Fsp3) is 0.567. The Hall–Kier alpha value is -3.07. The number of aryl methyl sites for hydroxylation is 1. The molecule has 3 aromatic rings. The molecule has 0 N–H and O–H groups in total. The van der Waals surface area contributed by atoms with Crippen molar-refractivity contribution in [1.29, 1.82) is 0 Å². The Balaban J connectivity index is 1.56. The Morgan fingerprint density at radius 1 is 1.08 bits per heavy atom. The van der Waals surface area contributed by atoms with E-state index < -0.39 is 13.9 Å². The van der Waals surface area contributed by atoms with Crippen molar-refractivity contribution >= 4 is 31.2 Å². The van der Waals surface area contributed by atoms with Gasteiger partial charge in [-0.15, -0.1) is 0 Å². The molecular weight excluding hydrogens is 510 g/mol. The summed E-state index contributed by atoms with van der Waals surface area (Å²) in [6.45, 7) is 19.9. The highest BCUT2D eigenvalue weighted by Gasteiger charge is 2.40. The van der Waals surface area contributed by atoms with Crippen LogP contribution in [0.4, 0.5) is 4.79 Å². The lowest BCUT2D eigenvalue weighted by Crippen LogP contribution is -2.43. The maximum atomic E-state index is 13.8. The SMILES string of the molecule is Cc1cc(O[Si](C)(C)C(C)(C)C)oc1Cn1c(C(=O)C2CCN(C(=O)OC(C)(C)C)CC2)nc2ccccc21. The topological polar surface area (TPSA) is 86.8 Å². The molecule has 0 saturated carbocycles. The molecule has 0 bridgehead atoms. The molecule has 1 aliphatic heterocycles. The van der Waals surface area contributed by atoms with E-state index in [4.69, 9.17) is 18.6 Å². The summed E-state index contributed by atoms with van der Waals surface area (Å²) >= 11 is 0. The van der Waals surface area contributed by atoms with Gasteiger partial charge in [0.1, 0.15) is 11.4 Å². The van der Waals surface area contributed by atoms with Crippen LogP contribution in [0.15, 0.2) is 34.7 Å². The lowest BCUT2D eigenvalue weighted by Gasteiger charge is -2.35. The molecule has 4 rings (SSSR count). The number of amides is 1. The monoisotopic (exact) mass is 553 g/mol. The second-order valence-electron chi connectivity index (χ2n) is 13.2. The average Bonchev–Trinajstić information content (AvgIpc) is 3.36. The van der Waals surface area contributed by atoms with Crippen molar-refractivity contribution in [3.63, 3.8) is 0 Å². The summed E-state index contributed by atoms with van der Waals surface area (Å²) < 4.78 is 20.1. The summed E-state index contributed by atoms with van der Waals surface area (Å²) in [5, 5.41) is 0.0487. The van der Waals surface area contributed by atoms with Crippen LogP contribution in [-0.4, -0.2) is 53.3 Å². The second kappa shape index (κ2) is 10.5. The van der Waals surface area contributed by atoms with Gasteiger partial charge >= 0.3 is 6.09 Å². The van der Waals surface area contributed by atoms with Crippen molar-refractivity contribution in [1.82, 2.24) is 14.5 Å². The van der Waals surface area contributed by atoms with Gasteiger partial charge in [-0.1, -0.05) is 32.9 Å². The van der Waals surface area contributed by atoms with Crippen LogP contribution in [0.25, 0.3) is 11.0 Å². The molecule has 212 valence electrons. The third kappa shape index (κ3) is 6.40. The van der Waals surface area contributed by atoms with Gasteiger partial charge in [-0.05, 0) is 76.4 Å². The van der Waals surface area contributed by atoms with E-state index in [1.165, 1.54) is 0 Å². The number of rotatable bonds is 6. The molecule has 1 aliphatic rings. The molecule has 2 aromatic heterocycles. The number of benzene rings is 1. The molecule has 8 nitrogen and oxygen atoms in total. The second-order valence-corrected chi connectivity index (χ2v) is 17.9. The number of piperidine rings is 1. The maximum Gasteiger partial charge on any atom is 0.410 e. The first-order valence-corrected chi connectivity index (χ1v) is 16.7. The van der Waals surface area contributed by atoms with Crippen LogP contribution >= 0.6 is 0 Å².